The second-order valence-corrected chi connectivity index (χ2v) is 21.3. The summed E-state index contributed by atoms with van der Waals surface area (Å²) in [5, 5.41) is 44.2. The minimum Gasteiger partial charge on any atom is -0.505 e. The van der Waals surface area contributed by atoms with Gasteiger partial charge < -0.3 is 31.3 Å². The van der Waals surface area contributed by atoms with Crippen molar-refractivity contribution in [2.24, 2.45) is 10.2 Å². The molecule has 0 saturated carbocycles. The van der Waals surface area contributed by atoms with Crippen LogP contribution in [0.15, 0.2) is 89.8 Å². The minimum absolute atomic E-state index is 0.0366. The molecule has 0 spiro atoms. The number of hydrogen-bond donors (Lipinski definition) is 9. The van der Waals surface area contributed by atoms with Crippen LogP contribution in [0.25, 0.3) is 21.5 Å². The van der Waals surface area contributed by atoms with Gasteiger partial charge in [-0.05, 0) is 81.4 Å². The van der Waals surface area contributed by atoms with Gasteiger partial charge in [0.05, 0.1) is 10.6 Å². The number of phenols is 1. The molecule has 7 aromatic rings. The van der Waals surface area contributed by atoms with E-state index in [1.807, 2.05) is 0 Å². The predicted octanol–water partition coefficient (Wildman–Crippen LogP) is 6.08. The SMILES string of the molecule is O=C(O)C(CSc1nc(Nc2cc(S(=O)(=O)O)cc3cc(S(=O)(=O)O)c(N=Nc4ccc5ccccc5c4S(=O)(=O)O)c(O)c23)nc(SCC(Nc2nc(Cl)nc(Cl)n2)C(=O)O)n1)Nc1nc(Cl)nc(Cl)n1. The predicted molar refractivity (Wildman–Crippen MR) is 258 cm³/mol. The lowest BCUT2D eigenvalue weighted by molar-refractivity contribution is -0.138. The van der Waals surface area contributed by atoms with Gasteiger partial charge >= 0.3 is 11.9 Å². The zero-order valence-corrected chi connectivity index (χ0v) is 41.8. The van der Waals surface area contributed by atoms with Crippen LogP contribution >= 0.6 is 69.9 Å². The van der Waals surface area contributed by atoms with Crippen LogP contribution in [0.1, 0.15) is 0 Å². The Labute approximate surface area is 430 Å². The molecule has 0 aliphatic heterocycles. The zero-order chi connectivity index (χ0) is 52.4. The summed E-state index contributed by atoms with van der Waals surface area (Å²) in [5.74, 6) is -6.20. The molecule has 72 heavy (non-hydrogen) atoms. The van der Waals surface area contributed by atoms with Crippen LogP contribution in [0.3, 0.4) is 0 Å². The first-order valence-corrected chi connectivity index (χ1v) is 26.6. The van der Waals surface area contributed by atoms with Crippen LogP contribution in [0.4, 0.5) is 34.9 Å². The number of azo groups is 1. The summed E-state index contributed by atoms with van der Waals surface area (Å²) in [6.45, 7) is 0. The van der Waals surface area contributed by atoms with Crippen molar-refractivity contribution >= 4 is 169 Å². The van der Waals surface area contributed by atoms with Crippen molar-refractivity contribution in [3.8, 4) is 5.75 Å². The van der Waals surface area contributed by atoms with Crippen LogP contribution < -0.4 is 16.0 Å². The number of anilines is 4. The number of phenolic OH excluding ortho intramolecular Hbond substituents is 1. The molecule has 0 aliphatic rings. The van der Waals surface area contributed by atoms with Gasteiger partial charge in [0.1, 0.15) is 33.2 Å². The van der Waals surface area contributed by atoms with Gasteiger partial charge in [0, 0.05) is 22.3 Å². The summed E-state index contributed by atoms with van der Waals surface area (Å²) in [4.78, 5) is 56.9. The molecule has 3 aromatic heterocycles. The molecule has 9 N–H and O–H groups in total. The van der Waals surface area contributed by atoms with Crippen molar-refractivity contribution in [1.82, 2.24) is 44.9 Å². The van der Waals surface area contributed by atoms with Crippen molar-refractivity contribution in [2.75, 3.05) is 27.5 Å². The third kappa shape index (κ3) is 13.0. The lowest BCUT2D eigenvalue weighted by Gasteiger charge is -2.17. The molecule has 0 amide bonds. The number of nitrogens with zero attached hydrogens (tertiary/aromatic N) is 11. The summed E-state index contributed by atoms with van der Waals surface area (Å²) < 4.78 is 107. The lowest BCUT2D eigenvalue weighted by atomic mass is 10.1. The number of halogens is 4. The summed E-state index contributed by atoms with van der Waals surface area (Å²) in [6.07, 6.45) is 0. The van der Waals surface area contributed by atoms with Gasteiger partial charge in [0.15, 0.2) is 16.1 Å². The summed E-state index contributed by atoms with van der Waals surface area (Å²) in [7, 11) is -15.7. The topological polar surface area (TPSA) is 435 Å². The van der Waals surface area contributed by atoms with Crippen molar-refractivity contribution in [3.05, 3.63) is 75.7 Å². The van der Waals surface area contributed by atoms with Crippen LogP contribution in [0.2, 0.25) is 21.1 Å². The van der Waals surface area contributed by atoms with E-state index in [-0.39, 0.29) is 48.7 Å². The third-order valence-electron chi connectivity index (χ3n) is 9.04. The molecular weight excluding hydrogens is 1140 g/mol. The van der Waals surface area contributed by atoms with Crippen molar-refractivity contribution in [2.45, 2.75) is 37.1 Å². The fourth-order valence-corrected chi connectivity index (χ4v) is 10.6. The number of thioether (sulfide) groups is 2. The number of carbonyl (C=O) groups is 2. The second-order valence-electron chi connectivity index (χ2n) is 13.8. The van der Waals surface area contributed by atoms with E-state index in [2.05, 4.69) is 71.0 Å². The molecule has 37 heteroatoms. The highest BCUT2D eigenvalue weighted by Gasteiger charge is 2.28. The average Bonchev–Trinajstić information content (AvgIpc) is 3.26. The molecule has 28 nitrogen and oxygen atoms in total. The van der Waals surface area contributed by atoms with Gasteiger partial charge in [0.2, 0.25) is 39.0 Å². The zero-order valence-electron chi connectivity index (χ0n) is 34.7. The Morgan fingerprint density at radius 3 is 1.62 bits per heavy atom. The van der Waals surface area contributed by atoms with E-state index >= 15 is 0 Å². The highest BCUT2D eigenvalue weighted by Crippen LogP contribution is 2.46. The van der Waals surface area contributed by atoms with E-state index in [1.54, 1.807) is 6.07 Å². The van der Waals surface area contributed by atoms with Gasteiger partial charge in [-0.3, -0.25) is 13.7 Å². The first-order chi connectivity index (χ1) is 33.7. The van der Waals surface area contributed by atoms with Crippen LogP contribution in [-0.4, -0.2) is 135 Å². The first kappa shape index (κ1) is 53.6. The van der Waals surface area contributed by atoms with E-state index in [0.717, 1.165) is 12.1 Å². The number of aromatic hydroxyl groups is 1. The Morgan fingerprint density at radius 1 is 0.611 bits per heavy atom. The molecule has 4 aromatic carbocycles. The number of carboxylic acids is 2. The molecule has 376 valence electrons. The third-order valence-corrected chi connectivity index (χ3v) is 14.2. The van der Waals surface area contributed by atoms with Gasteiger partial charge in [-0.2, -0.15) is 70.1 Å². The van der Waals surface area contributed by atoms with Gasteiger partial charge in [-0.1, -0.05) is 53.9 Å². The Morgan fingerprint density at radius 2 is 1.14 bits per heavy atom. The summed E-state index contributed by atoms with van der Waals surface area (Å²) >= 11 is 24.6. The molecule has 0 radical (unpaired) electrons. The molecule has 2 unspecified atom stereocenters. The van der Waals surface area contributed by atoms with Crippen LogP contribution in [0.5, 0.6) is 5.75 Å². The number of nitrogens with one attached hydrogen (secondary N) is 3. The quantitative estimate of drug-likeness (QED) is 0.0251. The monoisotopic (exact) mass is 1160 g/mol. The minimum atomic E-state index is -5.44. The molecule has 0 saturated heterocycles. The molecule has 0 bridgehead atoms. The summed E-state index contributed by atoms with van der Waals surface area (Å²) in [6, 6.07) is 7.30. The first-order valence-electron chi connectivity index (χ1n) is 18.8. The molecule has 7 rings (SSSR count). The molecule has 0 aliphatic carbocycles. The van der Waals surface area contributed by atoms with Gasteiger partial charge in [-0.15, -0.1) is 10.2 Å². The lowest BCUT2D eigenvalue weighted by Crippen LogP contribution is -2.33. The van der Waals surface area contributed by atoms with Crippen LogP contribution in [0, 0.1) is 0 Å². The Bertz CT molecular complexity index is 3610. The average molecular weight is 1170 g/mol. The fourth-order valence-electron chi connectivity index (χ4n) is 6.09. The molecule has 3 heterocycles. The number of aromatic nitrogens is 9. The maximum Gasteiger partial charge on any atom is 0.327 e. The van der Waals surface area contributed by atoms with E-state index < -0.39 is 120 Å². The number of rotatable bonds is 19. The smallest absolute Gasteiger partial charge is 0.327 e. The maximum atomic E-state index is 12.8. The summed E-state index contributed by atoms with van der Waals surface area (Å²) in [5.41, 5.74) is -2.19. The standard InChI is InChI=1S/C35H24Cl4N14O14S5/c36-27-43-28(37)46-31(45-27)41-18(25(55)56)10-68-34-49-33(50-35(51-34)69-11-19(26(57)58)42-32-47-29(38)44-30(39)48-32)40-17-9-14(70(59,60)61)7-13-8-20(71(62,63)64)22(23(54)21(13)17)53-52-16-6-5-12-3-1-2-4-15(12)24(16)72(65,66)67/h1-9,18-19,54H,10-11H2,(H,55,56)(H,57,58)(H,59,60,61)(H,62,63,64)(H,65,66,67)(H,40,49,50,51)(H,41,43,45,46)(H,42,44,47,48). The Balaban J connectivity index is 1.35. The van der Waals surface area contributed by atoms with E-state index in [1.165, 1.54) is 24.3 Å². The number of benzene rings is 4. The normalized spacial score (nSPS) is 13.0. The van der Waals surface area contributed by atoms with E-state index in [0.29, 0.717) is 41.0 Å². The van der Waals surface area contributed by atoms with E-state index in [4.69, 9.17) is 46.4 Å². The highest BCUT2D eigenvalue weighted by molar-refractivity contribution is 7.99. The fraction of sp³-hybridized carbons (Fsp3) is 0.114. The van der Waals surface area contributed by atoms with Gasteiger partial charge in [0.25, 0.3) is 30.4 Å². The van der Waals surface area contributed by atoms with E-state index in [9.17, 15) is 63.8 Å². The Kier molecular flexibility index (Phi) is 16.0. The van der Waals surface area contributed by atoms with Crippen LogP contribution in [-0.2, 0) is 39.9 Å². The number of hydrogen-bond acceptors (Lipinski definition) is 25. The van der Waals surface area contributed by atoms with Crippen molar-refractivity contribution in [1.29, 1.82) is 0 Å². The second kappa shape index (κ2) is 21.5. The van der Waals surface area contributed by atoms with Crippen molar-refractivity contribution < 1.29 is 63.8 Å². The number of carboxylic acid groups (broad SMARTS) is 2. The van der Waals surface area contributed by atoms with Gasteiger partial charge in [-0.25, -0.2) is 9.59 Å². The Hall–Kier alpha value is -6.24. The largest absolute Gasteiger partial charge is 0.505 e. The molecular formula is C35H24Cl4N14O14S5. The highest BCUT2D eigenvalue weighted by atomic mass is 35.5. The van der Waals surface area contributed by atoms with Crippen molar-refractivity contribution in [3.63, 3.8) is 0 Å². The number of aliphatic carboxylic acids is 2. The number of fused-ring (bicyclic) bond motifs is 2. The maximum absolute atomic E-state index is 12.8. The molecule has 2 atom stereocenters. The molecule has 0 fully saturated rings.